The molecule has 3 atom stereocenters. The molecule has 0 bridgehead atoms. The van der Waals surface area contributed by atoms with Crippen LogP contribution < -0.4 is 0 Å². The minimum atomic E-state index is -3.13. The summed E-state index contributed by atoms with van der Waals surface area (Å²) in [4.78, 5) is 10.8. The maximum atomic E-state index is 11.5. The number of aryl methyl sites for hydroxylation is 1. The fraction of sp³-hybridized carbons (Fsp3) is 0.417. The van der Waals surface area contributed by atoms with E-state index in [9.17, 15) is 13.2 Å². The molecule has 1 fully saturated rings. The van der Waals surface area contributed by atoms with Crippen molar-refractivity contribution >= 4 is 16.1 Å². The Balaban J connectivity index is 2.30. The monoisotopic (exact) mass is 238 g/mol. The van der Waals surface area contributed by atoms with E-state index in [-0.39, 0.29) is 11.8 Å². The Labute approximate surface area is 95.4 Å². The average Bonchev–Trinajstić information content (AvgIpc) is 2.92. The highest BCUT2D eigenvalue weighted by Crippen LogP contribution is 2.50. The van der Waals surface area contributed by atoms with Gasteiger partial charge in [-0.1, -0.05) is 29.8 Å². The molecule has 0 saturated heterocycles. The van der Waals surface area contributed by atoms with Gasteiger partial charge in [-0.2, -0.15) is 0 Å². The van der Waals surface area contributed by atoms with Crippen molar-refractivity contribution in [3.63, 3.8) is 0 Å². The summed E-state index contributed by atoms with van der Waals surface area (Å²) in [5.41, 5.74) is 2.07. The summed E-state index contributed by atoms with van der Waals surface area (Å²) in [7, 11) is -3.13. The van der Waals surface area contributed by atoms with Crippen molar-refractivity contribution in [3.05, 3.63) is 35.4 Å². The molecule has 0 spiro atoms. The summed E-state index contributed by atoms with van der Waals surface area (Å²) in [6.45, 7) is 1.97. The van der Waals surface area contributed by atoms with Crippen molar-refractivity contribution in [1.29, 1.82) is 0 Å². The predicted molar refractivity (Wildman–Crippen MR) is 62.1 cm³/mol. The zero-order chi connectivity index (χ0) is 11.9. The molecule has 3 unspecified atom stereocenters. The summed E-state index contributed by atoms with van der Waals surface area (Å²) in [6.07, 6.45) is 1.96. The number of benzene rings is 1. The Bertz CT molecular complexity index is 502. The van der Waals surface area contributed by atoms with Crippen molar-refractivity contribution in [2.24, 2.45) is 5.92 Å². The fourth-order valence-electron chi connectivity index (χ4n) is 2.22. The number of hydrogen-bond donors (Lipinski definition) is 0. The van der Waals surface area contributed by atoms with Crippen LogP contribution in [0, 0.1) is 12.8 Å². The molecule has 1 aromatic carbocycles. The van der Waals surface area contributed by atoms with Crippen LogP contribution in [0.3, 0.4) is 0 Å². The number of carbonyl (C=O) groups excluding carboxylic acids is 1. The van der Waals surface area contributed by atoms with Gasteiger partial charge in [0.05, 0.1) is 5.25 Å². The summed E-state index contributed by atoms with van der Waals surface area (Å²) >= 11 is 0. The first-order valence-electron chi connectivity index (χ1n) is 5.16. The van der Waals surface area contributed by atoms with E-state index >= 15 is 0 Å². The van der Waals surface area contributed by atoms with Gasteiger partial charge in [0.15, 0.2) is 9.84 Å². The number of carbonyl (C=O) groups is 1. The van der Waals surface area contributed by atoms with Gasteiger partial charge in [0, 0.05) is 18.1 Å². The first-order valence-corrected chi connectivity index (χ1v) is 7.11. The molecular weight excluding hydrogens is 224 g/mol. The molecule has 16 heavy (non-hydrogen) atoms. The second-order valence-corrected chi connectivity index (χ2v) is 6.65. The molecule has 0 radical (unpaired) electrons. The van der Waals surface area contributed by atoms with Crippen LogP contribution in [-0.2, 0) is 14.6 Å². The first kappa shape index (κ1) is 11.3. The predicted octanol–water partition coefficient (Wildman–Crippen LogP) is 1.32. The van der Waals surface area contributed by atoms with Gasteiger partial charge in [-0.05, 0) is 12.5 Å². The largest absolute Gasteiger partial charge is 0.303 e. The van der Waals surface area contributed by atoms with Crippen LogP contribution in [-0.4, -0.2) is 26.2 Å². The maximum Gasteiger partial charge on any atom is 0.151 e. The van der Waals surface area contributed by atoms with Crippen molar-refractivity contribution in [2.45, 2.75) is 18.1 Å². The Morgan fingerprint density at radius 2 is 1.75 bits per heavy atom. The van der Waals surface area contributed by atoms with Crippen molar-refractivity contribution < 1.29 is 13.2 Å². The van der Waals surface area contributed by atoms with Gasteiger partial charge in [0.25, 0.3) is 0 Å². The highest BCUT2D eigenvalue weighted by molar-refractivity contribution is 7.91. The van der Waals surface area contributed by atoms with Gasteiger partial charge >= 0.3 is 0 Å². The third-order valence-electron chi connectivity index (χ3n) is 3.12. The van der Waals surface area contributed by atoms with Crippen LogP contribution in [0.15, 0.2) is 24.3 Å². The third kappa shape index (κ3) is 1.89. The molecule has 1 saturated carbocycles. The van der Waals surface area contributed by atoms with Crippen LogP contribution in [0.25, 0.3) is 0 Å². The molecule has 1 aliphatic carbocycles. The van der Waals surface area contributed by atoms with Crippen LogP contribution in [0.5, 0.6) is 0 Å². The van der Waals surface area contributed by atoms with E-state index in [1.54, 1.807) is 0 Å². The molecule has 1 aliphatic rings. The third-order valence-corrected chi connectivity index (χ3v) is 4.72. The first-order chi connectivity index (χ1) is 7.45. The molecule has 0 amide bonds. The topological polar surface area (TPSA) is 51.2 Å². The summed E-state index contributed by atoms with van der Waals surface area (Å²) in [6, 6.07) is 7.69. The Morgan fingerprint density at radius 3 is 2.12 bits per heavy atom. The molecule has 4 heteroatoms. The molecule has 0 heterocycles. The second kappa shape index (κ2) is 3.70. The normalized spacial score (nSPS) is 28.8. The van der Waals surface area contributed by atoms with Gasteiger partial charge in [0.2, 0.25) is 0 Å². The van der Waals surface area contributed by atoms with E-state index < -0.39 is 15.1 Å². The fourth-order valence-corrected chi connectivity index (χ4v) is 3.80. The van der Waals surface area contributed by atoms with Crippen molar-refractivity contribution in [1.82, 2.24) is 0 Å². The molecular formula is C12H14O3S. The van der Waals surface area contributed by atoms with E-state index in [1.807, 2.05) is 31.2 Å². The maximum absolute atomic E-state index is 11.5. The molecule has 1 aromatic rings. The van der Waals surface area contributed by atoms with E-state index in [0.717, 1.165) is 17.4 Å². The van der Waals surface area contributed by atoms with E-state index in [1.165, 1.54) is 6.26 Å². The van der Waals surface area contributed by atoms with Gasteiger partial charge in [-0.25, -0.2) is 8.42 Å². The number of sulfone groups is 1. The number of hydrogen-bond acceptors (Lipinski definition) is 3. The lowest BCUT2D eigenvalue weighted by atomic mass is 10.1. The molecule has 3 nitrogen and oxygen atoms in total. The van der Waals surface area contributed by atoms with E-state index in [2.05, 4.69) is 0 Å². The number of rotatable bonds is 3. The van der Waals surface area contributed by atoms with E-state index in [4.69, 9.17) is 0 Å². The lowest BCUT2D eigenvalue weighted by Crippen LogP contribution is -2.07. The van der Waals surface area contributed by atoms with Gasteiger partial charge in [-0.3, -0.25) is 0 Å². The standard InChI is InChI=1S/C12H14O3S/c1-8-3-5-9(6-4-8)11-10(7-13)12(11)16(2,14)15/h3-7,10-12H,1-2H3. The smallest absolute Gasteiger partial charge is 0.151 e. The highest BCUT2D eigenvalue weighted by atomic mass is 32.2. The second-order valence-electron chi connectivity index (χ2n) is 4.44. The van der Waals surface area contributed by atoms with E-state index in [0.29, 0.717) is 0 Å². The molecule has 2 rings (SSSR count). The van der Waals surface area contributed by atoms with Crippen LogP contribution >= 0.6 is 0 Å². The zero-order valence-electron chi connectivity index (χ0n) is 9.25. The van der Waals surface area contributed by atoms with Gasteiger partial charge in [-0.15, -0.1) is 0 Å². The Hall–Kier alpha value is -1.16. The molecule has 0 aromatic heterocycles. The molecule has 0 aliphatic heterocycles. The lowest BCUT2D eigenvalue weighted by molar-refractivity contribution is -0.108. The molecule has 0 N–H and O–H groups in total. The van der Waals surface area contributed by atoms with Crippen LogP contribution in [0.2, 0.25) is 0 Å². The Morgan fingerprint density at radius 1 is 1.19 bits per heavy atom. The average molecular weight is 238 g/mol. The zero-order valence-corrected chi connectivity index (χ0v) is 10.1. The lowest BCUT2D eigenvalue weighted by Gasteiger charge is -1.99. The molecule has 86 valence electrons. The van der Waals surface area contributed by atoms with Gasteiger partial charge < -0.3 is 4.79 Å². The Kier molecular flexibility index (Phi) is 2.62. The number of aldehydes is 1. The SMILES string of the molecule is Cc1ccc(C2C(C=O)C2S(C)(=O)=O)cc1. The summed E-state index contributed by atoms with van der Waals surface area (Å²) in [5.74, 6) is -0.509. The summed E-state index contributed by atoms with van der Waals surface area (Å²) in [5, 5.41) is -0.521. The van der Waals surface area contributed by atoms with Gasteiger partial charge in [0.1, 0.15) is 6.29 Å². The summed E-state index contributed by atoms with van der Waals surface area (Å²) < 4.78 is 22.9. The van der Waals surface area contributed by atoms with Crippen LogP contribution in [0.4, 0.5) is 0 Å². The van der Waals surface area contributed by atoms with Crippen molar-refractivity contribution in [3.8, 4) is 0 Å². The quantitative estimate of drug-likeness (QED) is 0.746. The minimum absolute atomic E-state index is 0.145. The van der Waals surface area contributed by atoms with Crippen molar-refractivity contribution in [2.75, 3.05) is 6.26 Å². The minimum Gasteiger partial charge on any atom is -0.303 e. The van der Waals surface area contributed by atoms with Crippen LogP contribution in [0.1, 0.15) is 17.0 Å². The highest BCUT2D eigenvalue weighted by Gasteiger charge is 2.57.